The SMILES string of the molecule is CC(C)(C)C1=CC[C-]=C1.CC1(C)[CH-]CC(C)(C)c2cc3c(cc21)Cc1cc2c(cc1-3)C(C)(C)CCC2(C)C.[Zr+2]. The van der Waals surface area contributed by atoms with E-state index in [2.05, 4.69) is 125 Å². The van der Waals surface area contributed by atoms with Crippen LogP contribution in [-0.2, 0) is 54.3 Å². The Kier molecular flexibility index (Phi) is 7.86. The van der Waals surface area contributed by atoms with E-state index < -0.39 is 0 Å². The van der Waals surface area contributed by atoms with Crippen molar-refractivity contribution in [1.82, 2.24) is 0 Å². The summed E-state index contributed by atoms with van der Waals surface area (Å²) in [5, 5.41) is 0. The Morgan fingerprint density at radius 2 is 1.18 bits per heavy atom. The minimum absolute atomic E-state index is 0. The van der Waals surface area contributed by atoms with E-state index in [1.54, 1.807) is 27.8 Å². The van der Waals surface area contributed by atoms with Gasteiger partial charge < -0.3 is 6.42 Å². The third-order valence-electron chi connectivity index (χ3n) is 10.1. The van der Waals surface area contributed by atoms with Gasteiger partial charge in [0.25, 0.3) is 0 Å². The Balaban J connectivity index is 0.000000302. The van der Waals surface area contributed by atoms with Crippen LogP contribution < -0.4 is 0 Å². The molecule has 0 aliphatic heterocycles. The Hall–Kier alpha value is -1.20. The van der Waals surface area contributed by atoms with Gasteiger partial charge in [0.05, 0.1) is 0 Å². The molecule has 0 aromatic heterocycles. The van der Waals surface area contributed by atoms with Gasteiger partial charge in [0.2, 0.25) is 0 Å². The van der Waals surface area contributed by atoms with Gasteiger partial charge in [-0.25, -0.2) is 6.08 Å². The van der Waals surface area contributed by atoms with Gasteiger partial charge in [0.15, 0.2) is 0 Å². The van der Waals surface area contributed by atoms with Gasteiger partial charge in [-0.15, -0.1) is 11.8 Å². The zero-order valence-electron chi connectivity index (χ0n) is 26.6. The standard InChI is InChI=1S/C29H37.C9H13.Zr/c1-26(2)9-11-28(5,6)24-16-20-18(14-22(24)26)13-19-15-23-25(17-21(19)20)29(7,8)12-10-27(23,3)4;1-9(2,3)8-6-4-5-7-8;/h9,14-17H,10-13H2,1-8H3;6-7H,4H2,1-3H3;/q2*-1;+2. The van der Waals surface area contributed by atoms with Gasteiger partial charge in [-0.2, -0.15) is 18.1 Å². The monoisotopic (exact) mass is 596 g/mol. The minimum atomic E-state index is 0. The molecular formula is C38H50Zr. The van der Waals surface area contributed by atoms with E-state index in [0.717, 1.165) is 19.3 Å². The van der Waals surface area contributed by atoms with Crippen molar-refractivity contribution in [3.8, 4) is 11.1 Å². The second-order valence-electron chi connectivity index (χ2n) is 16.0. The normalized spacial score (nSPS) is 22.3. The molecule has 39 heavy (non-hydrogen) atoms. The molecule has 206 valence electrons. The molecule has 6 rings (SSSR count). The molecule has 0 nitrogen and oxygen atoms in total. The molecule has 0 spiro atoms. The van der Waals surface area contributed by atoms with E-state index in [4.69, 9.17) is 0 Å². The van der Waals surface area contributed by atoms with Crippen LogP contribution in [0.4, 0.5) is 0 Å². The number of rotatable bonds is 0. The van der Waals surface area contributed by atoms with Gasteiger partial charge in [-0.1, -0.05) is 111 Å². The number of allylic oxidation sites excluding steroid dienone is 4. The smallest absolute Gasteiger partial charge is 0.318 e. The van der Waals surface area contributed by atoms with Crippen molar-refractivity contribution >= 4 is 0 Å². The van der Waals surface area contributed by atoms with Crippen LogP contribution in [0.3, 0.4) is 0 Å². The number of hydrogen-bond donors (Lipinski definition) is 0. The van der Waals surface area contributed by atoms with Crippen LogP contribution in [0, 0.1) is 17.9 Å². The molecule has 0 radical (unpaired) electrons. The fourth-order valence-electron chi connectivity index (χ4n) is 7.05. The van der Waals surface area contributed by atoms with Crippen molar-refractivity contribution in [3.05, 3.63) is 87.9 Å². The zero-order chi connectivity index (χ0) is 27.9. The molecule has 1 heteroatoms. The molecule has 0 fully saturated rings. The maximum absolute atomic E-state index is 3.16. The molecule has 2 aromatic carbocycles. The zero-order valence-corrected chi connectivity index (χ0v) is 29.0. The Morgan fingerprint density at radius 1 is 0.692 bits per heavy atom. The summed E-state index contributed by atoms with van der Waals surface area (Å²) in [6.45, 7) is 26.0. The summed E-state index contributed by atoms with van der Waals surface area (Å²) in [6.07, 6.45) is 15.8. The maximum atomic E-state index is 3.16. The van der Waals surface area contributed by atoms with Gasteiger partial charge in [-0.05, 0) is 74.5 Å². The summed E-state index contributed by atoms with van der Waals surface area (Å²) in [6, 6.07) is 10.3. The summed E-state index contributed by atoms with van der Waals surface area (Å²) in [7, 11) is 0. The van der Waals surface area contributed by atoms with E-state index in [0.29, 0.717) is 5.41 Å². The van der Waals surface area contributed by atoms with E-state index in [9.17, 15) is 0 Å². The average Bonchev–Trinajstić information content (AvgIpc) is 3.47. The molecular weight excluding hydrogens is 548 g/mol. The van der Waals surface area contributed by atoms with Crippen LogP contribution >= 0.6 is 0 Å². The van der Waals surface area contributed by atoms with Gasteiger partial charge in [-0.3, -0.25) is 6.08 Å². The van der Waals surface area contributed by atoms with E-state index in [-0.39, 0.29) is 47.9 Å². The second kappa shape index (κ2) is 9.97. The Bertz CT molecular complexity index is 1250. The predicted octanol–water partition coefficient (Wildman–Crippen LogP) is 10.5. The van der Waals surface area contributed by atoms with Crippen LogP contribution in [0.2, 0.25) is 0 Å². The van der Waals surface area contributed by atoms with Gasteiger partial charge in [0.1, 0.15) is 0 Å². The Labute approximate surface area is 259 Å². The van der Waals surface area contributed by atoms with Crippen molar-refractivity contribution < 1.29 is 26.2 Å². The Morgan fingerprint density at radius 3 is 1.64 bits per heavy atom. The molecule has 0 N–H and O–H groups in total. The molecule has 0 amide bonds. The molecule has 2 aromatic rings. The summed E-state index contributed by atoms with van der Waals surface area (Å²) >= 11 is 0. The average molecular weight is 598 g/mol. The minimum Gasteiger partial charge on any atom is -0.318 e. The largest absolute Gasteiger partial charge is 2.00 e. The summed E-state index contributed by atoms with van der Waals surface area (Å²) < 4.78 is 0. The molecule has 0 unspecified atom stereocenters. The molecule has 0 heterocycles. The third-order valence-corrected chi connectivity index (χ3v) is 10.1. The third kappa shape index (κ3) is 5.53. The quantitative estimate of drug-likeness (QED) is 0.226. The molecule has 0 saturated heterocycles. The van der Waals surface area contributed by atoms with Crippen LogP contribution in [0.25, 0.3) is 11.1 Å². The molecule has 4 aliphatic carbocycles. The van der Waals surface area contributed by atoms with E-state index >= 15 is 0 Å². The second-order valence-corrected chi connectivity index (χ2v) is 16.0. The van der Waals surface area contributed by atoms with Crippen LogP contribution in [-0.4, -0.2) is 0 Å². The van der Waals surface area contributed by atoms with E-state index in [1.807, 2.05) is 0 Å². The van der Waals surface area contributed by atoms with Crippen molar-refractivity contribution in [2.75, 3.05) is 0 Å². The van der Waals surface area contributed by atoms with Crippen molar-refractivity contribution in [3.63, 3.8) is 0 Å². The van der Waals surface area contributed by atoms with Crippen LogP contribution in [0.1, 0.15) is 135 Å². The van der Waals surface area contributed by atoms with Gasteiger partial charge >= 0.3 is 26.2 Å². The summed E-state index contributed by atoms with van der Waals surface area (Å²) in [5.74, 6) is 0. The first kappa shape index (κ1) is 30.8. The maximum Gasteiger partial charge on any atom is 2.00 e. The number of benzene rings is 2. The fraction of sp³-hybridized carbons (Fsp3) is 0.553. The number of hydrogen-bond acceptors (Lipinski definition) is 0. The van der Waals surface area contributed by atoms with Crippen LogP contribution in [0.15, 0.2) is 42.0 Å². The molecule has 0 saturated carbocycles. The van der Waals surface area contributed by atoms with Gasteiger partial charge in [0, 0.05) is 0 Å². The summed E-state index contributed by atoms with van der Waals surface area (Å²) in [4.78, 5) is 0. The molecule has 4 aliphatic rings. The fourth-order valence-corrected chi connectivity index (χ4v) is 7.05. The molecule has 0 atom stereocenters. The van der Waals surface area contributed by atoms with Crippen molar-refractivity contribution in [2.45, 2.75) is 130 Å². The van der Waals surface area contributed by atoms with E-state index in [1.165, 1.54) is 35.1 Å². The first-order chi connectivity index (χ1) is 17.4. The van der Waals surface area contributed by atoms with Crippen molar-refractivity contribution in [1.29, 1.82) is 0 Å². The predicted molar refractivity (Wildman–Crippen MR) is 165 cm³/mol. The van der Waals surface area contributed by atoms with Crippen LogP contribution in [0.5, 0.6) is 0 Å². The first-order valence-electron chi connectivity index (χ1n) is 14.9. The topological polar surface area (TPSA) is 0 Å². The number of fused-ring (bicyclic) bond motifs is 5. The molecule has 0 bridgehead atoms. The first-order valence-corrected chi connectivity index (χ1v) is 14.9. The summed E-state index contributed by atoms with van der Waals surface area (Å²) in [5.41, 5.74) is 15.1. The van der Waals surface area contributed by atoms with Crippen molar-refractivity contribution in [2.24, 2.45) is 5.41 Å².